The third kappa shape index (κ3) is 5.56. The molecule has 116 valence electrons. The maximum atomic E-state index is 12.3. The van der Waals surface area contributed by atoms with E-state index in [-0.39, 0.29) is 18.0 Å². The second-order valence-electron chi connectivity index (χ2n) is 5.30. The Balaban J connectivity index is 0.00000361. The van der Waals surface area contributed by atoms with Crippen molar-refractivity contribution in [1.82, 2.24) is 0 Å². The summed E-state index contributed by atoms with van der Waals surface area (Å²) in [6.07, 6.45) is -7.32. The molecular weight excluding hydrogens is 295 g/mol. The molecule has 1 rings (SSSR count). The minimum absolute atomic E-state index is 0. The first-order valence-electron chi connectivity index (χ1n) is 5.80. The van der Waals surface area contributed by atoms with Crippen LogP contribution in [0.25, 0.3) is 0 Å². The van der Waals surface area contributed by atoms with E-state index in [4.69, 9.17) is 15.6 Å². The highest BCUT2D eigenvalue weighted by atomic mass is 35.5. The van der Waals surface area contributed by atoms with E-state index in [9.17, 15) is 13.2 Å². The first kappa shape index (κ1) is 19.0. The van der Waals surface area contributed by atoms with Gasteiger partial charge in [-0.1, -0.05) is 12.1 Å². The Morgan fingerprint density at radius 1 is 1.10 bits per heavy atom. The average molecular weight is 314 g/mol. The molecule has 0 unspecified atom stereocenters. The number of hydrogen-bond donors (Lipinski definition) is 2. The monoisotopic (exact) mass is 313 g/mol. The zero-order chi connectivity index (χ0) is 14.8. The lowest BCUT2D eigenvalue weighted by Crippen LogP contribution is -2.38. The average Bonchev–Trinajstić information content (AvgIpc) is 2.24. The summed E-state index contributed by atoms with van der Waals surface area (Å²) in [4.78, 5) is 0. The summed E-state index contributed by atoms with van der Waals surface area (Å²) in [5.41, 5.74) is 5.20. The topological polar surface area (TPSA) is 55.5 Å². The van der Waals surface area contributed by atoms with E-state index in [2.05, 4.69) is 0 Å². The molecule has 0 aromatic heterocycles. The van der Waals surface area contributed by atoms with Gasteiger partial charge in [-0.2, -0.15) is 13.2 Å². The van der Waals surface area contributed by atoms with Gasteiger partial charge in [-0.25, -0.2) is 0 Å². The van der Waals surface area contributed by atoms with Crippen LogP contribution in [0.3, 0.4) is 0 Å². The van der Waals surface area contributed by atoms with Gasteiger partial charge in [0.25, 0.3) is 0 Å². The van der Waals surface area contributed by atoms with Gasteiger partial charge in [-0.05, 0) is 38.5 Å². The molecule has 0 aliphatic heterocycles. The summed E-state index contributed by atoms with van der Waals surface area (Å²) >= 11 is 0. The van der Waals surface area contributed by atoms with Crippen molar-refractivity contribution in [1.29, 1.82) is 0 Å². The summed E-state index contributed by atoms with van der Waals surface area (Å²) in [6, 6.07) is 4.39. The number of alkyl halides is 3. The van der Waals surface area contributed by atoms with Gasteiger partial charge in [0.15, 0.2) is 6.10 Å². The lowest BCUT2D eigenvalue weighted by molar-refractivity contribution is -0.210. The molecule has 0 saturated heterocycles. The Labute approximate surface area is 122 Å². The predicted molar refractivity (Wildman–Crippen MR) is 73.1 cm³/mol. The van der Waals surface area contributed by atoms with Crippen LogP contribution in [0, 0.1) is 0 Å². The minimum atomic E-state index is -4.74. The maximum Gasteiger partial charge on any atom is 0.416 e. The lowest BCUT2D eigenvalue weighted by Gasteiger charge is -2.23. The first-order valence-corrected chi connectivity index (χ1v) is 5.80. The fourth-order valence-corrected chi connectivity index (χ4v) is 1.50. The molecule has 0 spiro atoms. The highest BCUT2D eigenvalue weighted by Gasteiger charge is 2.42. The summed E-state index contributed by atoms with van der Waals surface area (Å²) in [5, 5.41) is 9.08. The Kier molecular flexibility index (Phi) is 6.32. The number of ether oxygens (including phenoxy) is 1. The normalized spacial score (nSPS) is 15.2. The molecule has 0 amide bonds. The fraction of sp³-hybridized carbons (Fsp3) is 0.538. The van der Waals surface area contributed by atoms with Crippen LogP contribution in [0.2, 0.25) is 0 Å². The number of hydrogen-bond acceptors (Lipinski definition) is 3. The third-order valence-electron chi connectivity index (χ3n) is 2.36. The molecule has 0 fully saturated rings. The van der Waals surface area contributed by atoms with Crippen molar-refractivity contribution < 1.29 is 23.0 Å². The molecule has 0 saturated carbocycles. The lowest BCUT2D eigenvalue weighted by atomic mass is 10.0. The molecule has 20 heavy (non-hydrogen) atoms. The Morgan fingerprint density at radius 2 is 1.55 bits per heavy atom. The van der Waals surface area contributed by atoms with Crippen LogP contribution in [0.15, 0.2) is 24.3 Å². The van der Waals surface area contributed by atoms with Crippen molar-refractivity contribution in [2.45, 2.75) is 44.7 Å². The smallest absolute Gasteiger partial charge is 0.416 e. The highest BCUT2D eigenvalue weighted by Crippen LogP contribution is 2.29. The van der Waals surface area contributed by atoms with Gasteiger partial charge in [0, 0.05) is 0 Å². The van der Waals surface area contributed by atoms with E-state index in [0.29, 0.717) is 5.75 Å². The van der Waals surface area contributed by atoms with Crippen molar-refractivity contribution in [3.63, 3.8) is 0 Å². The van der Waals surface area contributed by atoms with Crippen LogP contribution in [0.4, 0.5) is 13.2 Å². The highest BCUT2D eigenvalue weighted by molar-refractivity contribution is 5.85. The van der Waals surface area contributed by atoms with Crippen LogP contribution < -0.4 is 10.5 Å². The third-order valence-corrected chi connectivity index (χ3v) is 2.36. The molecule has 7 heteroatoms. The van der Waals surface area contributed by atoms with Gasteiger partial charge in [0.05, 0.1) is 6.04 Å². The predicted octanol–water partition coefficient (Wildman–Crippen LogP) is 3.21. The number of benzene rings is 1. The standard InChI is InChI=1S/C13H18F3NO2.ClH/c1-12(2,3)19-9-6-4-8(5-7-9)10(17)11(18)13(14,15)16;/h4-7,10-11,18H,17H2,1-3H3;1H/t10-,11-;/m0./s1. The number of nitrogens with two attached hydrogens (primary N) is 1. The van der Waals surface area contributed by atoms with Crippen molar-refractivity contribution in [2.75, 3.05) is 0 Å². The van der Waals surface area contributed by atoms with Gasteiger partial charge in [0.1, 0.15) is 11.4 Å². The Morgan fingerprint density at radius 3 is 1.90 bits per heavy atom. The van der Waals surface area contributed by atoms with E-state index >= 15 is 0 Å². The summed E-state index contributed by atoms with van der Waals surface area (Å²) in [7, 11) is 0. The second kappa shape index (κ2) is 6.65. The van der Waals surface area contributed by atoms with Crippen molar-refractivity contribution in [3.05, 3.63) is 29.8 Å². The van der Waals surface area contributed by atoms with Crippen LogP contribution in [-0.2, 0) is 0 Å². The zero-order valence-electron chi connectivity index (χ0n) is 11.4. The van der Waals surface area contributed by atoms with Crippen LogP contribution in [0.5, 0.6) is 5.75 Å². The number of aliphatic hydroxyl groups is 1. The quantitative estimate of drug-likeness (QED) is 0.901. The van der Waals surface area contributed by atoms with Crippen molar-refractivity contribution in [3.8, 4) is 5.75 Å². The molecule has 3 nitrogen and oxygen atoms in total. The van der Waals surface area contributed by atoms with E-state index in [1.807, 2.05) is 20.8 Å². The molecular formula is C13H19ClF3NO2. The molecule has 1 aromatic carbocycles. The first-order chi connectivity index (χ1) is 8.50. The van der Waals surface area contributed by atoms with E-state index in [0.717, 1.165) is 0 Å². The SMILES string of the molecule is CC(C)(C)Oc1ccc([C@H](N)[C@H](O)C(F)(F)F)cc1.Cl. The Hall–Kier alpha value is -0.980. The van der Waals surface area contributed by atoms with Crippen molar-refractivity contribution >= 4 is 12.4 Å². The van der Waals surface area contributed by atoms with E-state index < -0.39 is 23.9 Å². The molecule has 0 aliphatic carbocycles. The van der Waals surface area contributed by atoms with Crippen LogP contribution in [0.1, 0.15) is 32.4 Å². The molecule has 1 aromatic rings. The van der Waals surface area contributed by atoms with Gasteiger partial charge in [-0.3, -0.25) is 0 Å². The fourth-order valence-electron chi connectivity index (χ4n) is 1.50. The van der Waals surface area contributed by atoms with Gasteiger partial charge >= 0.3 is 6.18 Å². The van der Waals surface area contributed by atoms with E-state index in [1.165, 1.54) is 24.3 Å². The molecule has 2 atom stereocenters. The van der Waals surface area contributed by atoms with Gasteiger partial charge in [-0.15, -0.1) is 12.4 Å². The minimum Gasteiger partial charge on any atom is -0.488 e. The van der Waals surface area contributed by atoms with E-state index in [1.54, 1.807) is 0 Å². The second-order valence-corrected chi connectivity index (χ2v) is 5.30. The van der Waals surface area contributed by atoms with Gasteiger partial charge in [0.2, 0.25) is 0 Å². The maximum absolute atomic E-state index is 12.3. The number of aliphatic hydroxyl groups excluding tert-OH is 1. The molecule has 0 radical (unpaired) electrons. The van der Waals surface area contributed by atoms with Gasteiger partial charge < -0.3 is 15.6 Å². The molecule has 3 N–H and O–H groups in total. The molecule has 0 aliphatic rings. The zero-order valence-corrected chi connectivity index (χ0v) is 12.3. The molecule has 0 heterocycles. The van der Waals surface area contributed by atoms with Crippen molar-refractivity contribution in [2.24, 2.45) is 5.73 Å². The van der Waals surface area contributed by atoms with Crippen LogP contribution in [-0.4, -0.2) is 23.0 Å². The number of rotatable bonds is 3. The Bertz CT molecular complexity index is 415. The largest absolute Gasteiger partial charge is 0.488 e. The summed E-state index contributed by atoms with van der Waals surface area (Å²) in [5.74, 6) is 0.532. The number of halogens is 4. The summed E-state index contributed by atoms with van der Waals surface area (Å²) < 4.78 is 42.5. The van der Waals surface area contributed by atoms with Crippen LogP contribution >= 0.6 is 12.4 Å². The summed E-state index contributed by atoms with van der Waals surface area (Å²) in [6.45, 7) is 5.58. The molecule has 0 bridgehead atoms.